The number of hydrogen-bond donors (Lipinski definition) is 2. The number of hydrogen-bond acceptors (Lipinski definition) is 5. The minimum absolute atomic E-state index is 0.130. The number of nitrogens with one attached hydrogen (secondary N) is 2. The lowest BCUT2D eigenvalue weighted by Crippen LogP contribution is -2.28. The highest BCUT2D eigenvalue weighted by Crippen LogP contribution is 2.24. The summed E-state index contributed by atoms with van der Waals surface area (Å²) in [5.74, 6) is 1.89. The Morgan fingerprint density at radius 2 is 2.17 bits per heavy atom. The molecule has 2 heterocycles. The Balaban J connectivity index is 1.85. The molecule has 2 N–H and O–H groups in total. The Labute approximate surface area is 135 Å². The highest BCUT2D eigenvalue weighted by molar-refractivity contribution is 5.98. The van der Waals surface area contributed by atoms with Crippen LogP contribution < -0.4 is 10.6 Å². The van der Waals surface area contributed by atoms with Gasteiger partial charge in [-0.3, -0.25) is 4.79 Å². The zero-order chi connectivity index (χ0) is 16.4. The zero-order valence-corrected chi connectivity index (χ0v) is 13.7. The number of aromatic nitrogens is 2. The smallest absolute Gasteiger partial charge is 0.256 e. The zero-order valence-electron chi connectivity index (χ0n) is 13.7. The molecule has 2 aromatic rings. The van der Waals surface area contributed by atoms with Crippen LogP contribution in [0.25, 0.3) is 0 Å². The highest BCUT2D eigenvalue weighted by atomic mass is 16.3. The van der Waals surface area contributed by atoms with E-state index in [9.17, 15) is 4.79 Å². The predicted octanol–water partition coefficient (Wildman–Crippen LogP) is 2.87. The van der Waals surface area contributed by atoms with Crippen LogP contribution in [0.3, 0.4) is 0 Å². The van der Waals surface area contributed by atoms with Gasteiger partial charge >= 0.3 is 0 Å². The van der Waals surface area contributed by atoms with Crippen molar-refractivity contribution in [3.63, 3.8) is 0 Å². The first-order valence-electron chi connectivity index (χ1n) is 7.88. The third-order valence-electron chi connectivity index (χ3n) is 3.63. The van der Waals surface area contributed by atoms with Gasteiger partial charge in [0.15, 0.2) is 0 Å². The summed E-state index contributed by atoms with van der Waals surface area (Å²) in [6.07, 6.45) is 5.32. The first-order chi connectivity index (χ1) is 10.9. The van der Waals surface area contributed by atoms with E-state index in [1.165, 1.54) is 0 Å². The summed E-state index contributed by atoms with van der Waals surface area (Å²) in [6, 6.07) is 4.00. The van der Waals surface area contributed by atoms with E-state index in [4.69, 9.17) is 4.42 Å². The Bertz CT molecular complexity index is 685. The van der Waals surface area contributed by atoms with Crippen LogP contribution in [-0.4, -0.2) is 21.9 Å². The second-order valence-electron chi connectivity index (χ2n) is 6.89. The van der Waals surface area contributed by atoms with E-state index in [2.05, 4.69) is 20.6 Å². The number of rotatable bonds is 5. The summed E-state index contributed by atoms with van der Waals surface area (Å²) in [5, 5.41) is 6.18. The van der Waals surface area contributed by atoms with Crippen molar-refractivity contribution in [3.05, 3.63) is 41.7 Å². The van der Waals surface area contributed by atoms with Crippen LogP contribution >= 0.6 is 0 Å². The summed E-state index contributed by atoms with van der Waals surface area (Å²) in [7, 11) is 0. The molecule has 1 aliphatic carbocycles. The molecule has 1 saturated carbocycles. The van der Waals surface area contributed by atoms with Gasteiger partial charge in [0, 0.05) is 17.7 Å². The molecular formula is C17H22N4O2. The third-order valence-corrected chi connectivity index (χ3v) is 3.63. The van der Waals surface area contributed by atoms with Crippen molar-refractivity contribution in [2.45, 2.75) is 51.6 Å². The van der Waals surface area contributed by atoms with Gasteiger partial charge in [-0.1, -0.05) is 20.8 Å². The SMILES string of the molecule is CC(C)(C)c1ncc(C(=O)NC2CC2)c(NCc2ccco2)n1. The molecule has 6 heteroatoms. The molecule has 0 atom stereocenters. The summed E-state index contributed by atoms with van der Waals surface area (Å²) in [4.78, 5) is 21.3. The Kier molecular flexibility index (Phi) is 4.07. The van der Waals surface area contributed by atoms with Crippen LogP contribution in [0.15, 0.2) is 29.0 Å². The van der Waals surface area contributed by atoms with Crippen molar-refractivity contribution in [1.82, 2.24) is 15.3 Å². The quantitative estimate of drug-likeness (QED) is 0.887. The van der Waals surface area contributed by atoms with Gasteiger partial charge in [0.05, 0.1) is 12.8 Å². The van der Waals surface area contributed by atoms with Crippen LogP contribution in [-0.2, 0) is 12.0 Å². The summed E-state index contributed by atoms with van der Waals surface area (Å²) in [5.41, 5.74) is 0.281. The van der Waals surface area contributed by atoms with E-state index >= 15 is 0 Å². The van der Waals surface area contributed by atoms with Crippen molar-refractivity contribution in [1.29, 1.82) is 0 Å². The van der Waals surface area contributed by atoms with E-state index in [0.717, 1.165) is 18.6 Å². The molecule has 0 radical (unpaired) electrons. The Morgan fingerprint density at radius 3 is 2.78 bits per heavy atom. The molecule has 0 aliphatic heterocycles. The lowest BCUT2D eigenvalue weighted by Gasteiger charge is -2.19. The molecule has 0 aromatic carbocycles. The number of anilines is 1. The maximum absolute atomic E-state index is 12.4. The largest absolute Gasteiger partial charge is 0.467 e. The van der Waals surface area contributed by atoms with Crippen LogP contribution in [0, 0.1) is 0 Å². The number of furan rings is 1. The van der Waals surface area contributed by atoms with Crippen molar-refractivity contribution in [3.8, 4) is 0 Å². The maximum atomic E-state index is 12.4. The first kappa shape index (κ1) is 15.5. The summed E-state index contributed by atoms with van der Waals surface area (Å²) < 4.78 is 5.32. The molecule has 23 heavy (non-hydrogen) atoms. The fourth-order valence-electron chi connectivity index (χ4n) is 2.12. The average molecular weight is 314 g/mol. The number of amides is 1. The van der Waals surface area contributed by atoms with Crippen LogP contribution in [0.4, 0.5) is 5.82 Å². The monoisotopic (exact) mass is 314 g/mol. The van der Waals surface area contributed by atoms with Crippen LogP contribution in [0.5, 0.6) is 0 Å². The van der Waals surface area contributed by atoms with E-state index in [-0.39, 0.29) is 11.3 Å². The molecule has 0 saturated heterocycles. The summed E-state index contributed by atoms with van der Waals surface area (Å²) in [6.45, 7) is 6.60. The van der Waals surface area contributed by atoms with Gasteiger partial charge in [-0.25, -0.2) is 9.97 Å². The predicted molar refractivity (Wildman–Crippen MR) is 87.3 cm³/mol. The van der Waals surface area contributed by atoms with E-state index < -0.39 is 0 Å². The molecular weight excluding hydrogens is 292 g/mol. The molecule has 3 rings (SSSR count). The highest BCUT2D eigenvalue weighted by Gasteiger charge is 2.27. The van der Waals surface area contributed by atoms with E-state index in [0.29, 0.717) is 29.8 Å². The minimum atomic E-state index is -0.188. The standard InChI is InChI=1S/C17H22N4O2/c1-17(2,3)16-19-10-13(15(22)20-11-6-7-11)14(21-16)18-9-12-5-4-8-23-12/h4-5,8,10-11H,6-7,9H2,1-3H3,(H,20,22)(H,18,19,21). The normalized spacial score (nSPS) is 14.6. The fraction of sp³-hybridized carbons (Fsp3) is 0.471. The lowest BCUT2D eigenvalue weighted by molar-refractivity contribution is 0.0951. The Morgan fingerprint density at radius 1 is 1.39 bits per heavy atom. The van der Waals surface area contributed by atoms with Crippen molar-refractivity contribution < 1.29 is 9.21 Å². The molecule has 0 spiro atoms. The molecule has 1 fully saturated rings. The number of carbonyl (C=O) groups excluding carboxylic acids is 1. The van der Waals surface area contributed by atoms with E-state index in [1.807, 2.05) is 32.9 Å². The van der Waals surface area contributed by atoms with Crippen LogP contribution in [0.2, 0.25) is 0 Å². The first-order valence-corrected chi connectivity index (χ1v) is 7.88. The van der Waals surface area contributed by atoms with Crippen molar-refractivity contribution in [2.75, 3.05) is 5.32 Å². The molecule has 6 nitrogen and oxygen atoms in total. The fourth-order valence-corrected chi connectivity index (χ4v) is 2.12. The minimum Gasteiger partial charge on any atom is -0.467 e. The Hall–Kier alpha value is -2.37. The van der Waals surface area contributed by atoms with Gasteiger partial charge in [0.2, 0.25) is 0 Å². The molecule has 0 bridgehead atoms. The molecule has 1 aliphatic rings. The van der Waals surface area contributed by atoms with Crippen molar-refractivity contribution in [2.24, 2.45) is 0 Å². The molecule has 2 aromatic heterocycles. The number of nitrogens with zero attached hydrogens (tertiary/aromatic N) is 2. The topological polar surface area (TPSA) is 80.0 Å². The molecule has 122 valence electrons. The third kappa shape index (κ3) is 3.88. The maximum Gasteiger partial charge on any atom is 0.256 e. The average Bonchev–Trinajstić information content (AvgIpc) is 3.15. The van der Waals surface area contributed by atoms with Gasteiger partial charge in [-0.05, 0) is 25.0 Å². The van der Waals surface area contributed by atoms with Gasteiger partial charge in [-0.15, -0.1) is 0 Å². The van der Waals surface area contributed by atoms with Gasteiger partial charge in [0.1, 0.15) is 23.0 Å². The molecule has 0 unspecified atom stereocenters. The summed E-state index contributed by atoms with van der Waals surface area (Å²) >= 11 is 0. The van der Waals surface area contributed by atoms with Gasteiger partial charge < -0.3 is 15.1 Å². The molecule has 1 amide bonds. The lowest BCUT2D eigenvalue weighted by atomic mass is 9.95. The van der Waals surface area contributed by atoms with Gasteiger partial charge in [0.25, 0.3) is 5.91 Å². The second kappa shape index (κ2) is 6.02. The number of carbonyl (C=O) groups is 1. The second-order valence-corrected chi connectivity index (χ2v) is 6.89. The van der Waals surface area contributed by atoms with Crippen molar-refractivity contribution >= 4 is 11.7 Å². The van der Waals surface area contributed by atoms with Gasteiger partial charge in [-0.2, -0.15) is 0 Å². The van der Waals surface area contributed by atoms with E-state index in [1.54, 1.807) is 12.5 Å². The van der Waals surface area contributed by atoms with Crippen LogP contribution in [0.1, 0.15) is 55.6 Å².